The number of carbonyl (C=O) groups is 2. The zero-order valence-corrected chi connectivity index (χ0v) is 25.7. The van der Waals surface area contributed by atoms with Gasteiger partial charge in [0.1, 0.15) is 6.04 Å². The first-order chi connectivity index (χ1) is 22.2. The van der Waals surface area contributed by atoms with Crippen LogP contribution in [-0.2, 0) is 28.7 Å². The maximum Gasteiger partial charge on any atom is 0.416 e. The minimum absolute atomic E-state index is 0.124. The van der Waals surface area contributed by atoms with Crippen molar-refractivity contribution >= 4 is 17.9 Å². The number of likely N-dealkylation sites (N-methyl/N-ethyl adjacent to an activating group) is 1. The highest BCUT2D eigenvalue weighted by atomic mass is 19.4. The fourth-order valence-electron chi connectivity index (χ4n) is 5.56. The quantitative estimate of drug-likeness (QED) is 0.187. The van der Waals surface area contributed by atoms with E-state index in [2.05, 4.69) is 16.8 Å². The number of pyridine rings is 1. The Labute approximate surface area is 267 Å². The zero-order valence-electron chi connectivity index (χ0n) is 25.7. The van der Waals surface area contributed by atoms with Crippen LogP contribution < -0.4 is 0 Å². The SMILES string of the molecule is CCN1CCN(C(=O)[C@H](Cc2ccccc2)N(Cc2ccc(-c3ccccn3)cc2)C(=O)/C=C/c2ccc(C(F)(F)F)cc2)CC1. The third kappa shape index (κ3) is 8.48. The molecule has 6 nitrogen and oxygen atoms in total. The van der Waals surface area contributed by atoms with E-state index in [0.717, 1.165) is 54.2 Å². The molecule has 1 saturated heterocycles. The van der Waals surface area contributed by atoms with Gasteiger partial charge in [-0.25, -0.2) is 0 Å². The molecule has 0 N–H and O–H groups in total. The van der Waals surface area contributed by atoms with E-state index in [4.69, 9.17) is 0 Å². The number of carbonyl (C=O) groups excluding carboxylic acids is 2. The van der Waals surface area contributed by atoms with Gasteiger partial charge in [0.05, 0.1) is 11.3 Å². The first-order valence-electron chi connectivity index (χ1n) is 15.4. The molecule has 1 fully saturated rings. The molecule has 46 heavy (non-hydrogen) atoms. The molecular weight excluding hydrogens is 589 g/mol. The van der Waals surface area contributed by atoms with Gasteiger partial charge in [-0.05, 0) is 53.6 Å². The third-order valence-corrected chi connectivity index (χ3v) is 8.27. The highest BCUT2D eigenvalue weighted by molar-refractivity contribution is 5.95. The Kier molecular flexibility index (Phi) is 10.6. The zero-order chi connectivity index (χ0) is 32.5. The molecule has 5 rings (SSSR count). The maximum absolute atomic E-state index is 14.3. The molecule has 0 unspecified atom stereocenters. The molecule has 0 saturated carbocycles. The molecule has 1 aliphatic rings. The molecule has 1 atom stereocenters. The number of amides is 2. The second-order valence-electron chi connectivity index (χ2n) is 11.3. The van der Waals surface area contributed by atoms with E-state index in [-0.39, 0.29) is 12.5 Å². The van der Waals surface area contributed by atoms with Crippen molar-refractivity contribution in [1.29, 1.82) is 0 Å². The van der Waals surface area contributed by atoms with Crippen LogP contribution in [0, 0.1) is 0 Å². The smallest absolute Gasteiger partial charge is 0.338 e. The van der Waals surface area contributed by atoms with Crippen LogP contribution in [0.5, 0.6) is 0 Å². The van der Waals surface area contributed by atoms with Gasteiger partial charge >= 0.3 is 6.18 Å². The Hall–Kier alpha value is -4.76. The summed E-state index contributed by atoms with van der Waals surface area (Å²) in [4.78, 5) is 38.4. The molecule has 9 heteroatoms. The predicted octanol–water partition coefficient (Wildman–Crippen LogP) is 6.58. The molecule has 1 aliphatic heterocycles. The highest BCUT2D eigenvalue weighted by Crippen LogP contribution is 2.29. The van der Waals surface area contributed by atoms with Crippen molar-refractivity contribution in [3.63, 3.8) is 0 Å². The summed E-state index contributed by atoms with van der Waals surface area (Å²) >= 11 is 0. The van der Waals surface area contributed by atoms with Crippen LogP contribution in [0.25, 0.3) is 17.3 Å². The Morgan fingerprint density at radius 2 is 1.52 bits per heavy atom. The Morgan fingerprint density at radius 1 is 0.848 bits per heavy atom. The highest BCUT2D eigenvalue weighted by Gasteiger charge is 2.34. The number of hydrogen-bond acceptors (Lipinski definition) is 4. The average Bonchev–Trinajstić information content (AvgIpc) is 3.09. The average molecular weight is 627 g/mol. The lowest BCUT2D eigenvalue weighted by atomic mass is 10.0. The second kappa shape index (κ2) is 15.0. The summed E-state index contributed by atoms with van der Waals surface area (Å²) < 4.78 is 39.3. The van der Waals surface area contributed by atoms with Crippen LogP contribution in [0.4, 0.5) is 13.2 Å². The minimum Gasteiger partial charge on any atom is -0.338 e. The van der Waals surface area contributed by atoms with Crippen molar-refractivity contribution in [3.8, 4) is 11.3 Å². The molecule has 4 aromatic rings. The number of rotatable bonds is 10. The van der Waals surface area contributed by atoms with E-state index in [0.29, 0.717) is 25.1 Å². The van der Waals surface area contributed by atoms with E-state index in [1.165, 1.54) is 24.3 Å². The van der Waals surface area contributed by atoms with Gasteiger partial charge in [-0.3, -0.25) is 14.6 Å². The van der Waals surface area contributed by atoms with Gasteiger partial charge in [0.2, 0.25) is 11.8 Å². The molecule has 3 aromatic carbocycles. The number of benzene rings is 3. The number of piperazine rings is 1. The van der Waals surface area contributed by atoms with Crippen LogP contribution in [-0.4, -0.2) is 70.3 Å². The van der Waals surface area contributed by atoms with Gasteiger partial charge in [0.25, 0.3) is 0 Å². The van der Waals surface area contributed by atoms with Crippen LogP contribution in [0.3, 0.4) is 0 Å². The van der Waals surface area contributed by atoms with Crippen molar-refractivity contribution in [2.75, 3.05) is 32.7 Å². The summed E-state index contributed by atoms with van der Waals surface area (Å²) in [6.07, 6.45) is 0.426. The lowest BCUT2D eigenvalue weighted by molar-refractivity contribution is -0.145. The maximum atomic E-state index is 14.3. The summed E-state index contributed by atoms with van der Waals surface area (Å²) in [5.41, 5.74) is 3.19. The molecule has 2 heterocycles. The fraction of sp³-hybridized carbons (Fsp3) is 0.270. The molecule has 0 bridgehead atoms. The topological polar surface area (TPSA) is 56.8 Å². The molecule has 0 radical (unpaired) electrons. The molecule has 0 aliphatic carbocycles. The van der Waals surface area contributed by atoms with Crippen LogP contribution >= 0.6 is 0 Å². The Morgan fingerprint density at radius 3 is 2.13 bits per heavy atom. The minimum atomic E-state index is -4.45. The second-order valence-corrected chi connectivity index (χ2v) is 11.3. The van der Waals surface area contributed by atoms with Crippen LogP contribution in [0.2, 0.25) is 0 Å². The molecule has 0 spiro atoms. The fourth-order valence-corrected chi connectivity index (χ4v) is 5.56. The number of aromatic nitrogens is 1. The Bertz CT molecular complexity index is 1600. The number of halogens is 3. The summed E-state index contributed by atoms with van der Waals surface area (Å²) in [6, 6.07) is 26.9. The summed E-state index contributed by atoms with van der Waals surface area (Å²) in [6.45, 7) is 5.83. The Balaban J connectivity index is 1.46. The molecule has 2 amide bonds. The van der Waals surface area contributed by atoms with Crippen LogP contribution in [0.1, 0.15) is 29.2 Å². The normalized spacial score (nSPS) is 14.7. The number of alkyl halides is 3. The first kappa shape index (κ1) is 32.6. The molecular formula is C37H37F3N4O2. The van der Waals surface area contributed by atoms with Gasteiger partial charge in [0, 0.05) is 57.0 Å². The monoisotopic (exact) mass is 626 g/mol. The molecule has 238 valence electrons. The van der Waals surface area contributed by atoms with Crippen molar-refractivity contribution in [1.82, 2.24) is 19.7 Å². The van der Waals surface area contributed by atoms with E-state index >= 15 is 0 Å². The van der Waals surface area contributed by atoms with E-state index in [1.54, 1.807) is 11.1 Å². The first-order valence-corrected chi connectivity index (χ1v) is 15.4. The van der Waals surface area contributed by atoms with Gasteiger partial charge in [-0.2, -0.15) is 13.2 Å². The van der Waals surface area contributed by atoms with E-state index in [9.17, 15) is 22.8 Å². The van der Waals surface area contributed by atoms with Gasteiger partial charge in [-0.1, -0.05) is 79.7 Å². The van der Waals surface area contributed by atoms with E-state index < -0.39 is 23.7 Å². The number of nitrogens with zero attached hydrogens (tertiary/aromatic N) is 4. The predicted molar refractivity (Wildman–Crippen MR) is 173 cm³/mol. The van der Waals surface area contributed by atoms with Crippen molar-refractivity contribution in [2.24, 2.45) is 0 Å². The van der Waals surface area contributed by atoms with E-state index in [1.807, 2.05) is 77.7 Å². The van der Waals surface area contributed by atoms with Crippen LogP contribution in [0.15, 0.2) is 109 Å². The van der Waals surface area contributed by atoms with Crippen molar-refractivity contribution in [3.05, 3.63) is 132 Å². The largest absolute Gasteiger partial charge is 0.416 e. The third-order valence-electron chi connectivity index (χ3n) is 8.27. The number of hydrogen-bond donors (Lipinski definition) is 0. The summed E-state index contributed by atoms with van der Waals surface area (Å²) in [5, 5.41) is 0. The summed E-state index contributed by atoms with van der Waals surface area (Å²) in [5.74, 6) is -0.531. The van der Waals surface area contributed by atoms with Gasteiger partial charge < -0.3 is 14.7 Å². The van der Waals surface area contributed by atoms with Crippen molar-refractivity contribution < 1.29 is 22.8 Å². The van der Waals surface area contributed by atoms with Gasteiger partial charge in [-0.15, -0.1) is 0 Å². The standard InChI is InChI=1S/C37H37F3N4O2/c1-2-42-22-24-43(25-23-42)36(46)34(26-29-8-4-3-5-9-29)44(27-30-11-16-31(17-12-30)33-10-6-7-21-41-33)35(45)20-15-28-13-18-32(19-14-28)37(38,39)40/h3-21,34H,2,22-27H2,1H3/b20-15+/t34-/m0/s1. The molecule has 1 aromatic heterocycles. The lowest BCUT2D eigenvalue weighted by Gasteiger charge is -2.39. The summed E-state index contributed by atoms with van der Waals surface area (Å²) in [7, 11) is 0. The lowest BCUT2D eigenvalue weighted by Crippen LogP contribution is -2.56. The van der Waals surface area contributed by atoms with Crippen molar-refractivity contribution in [2.45, 2.75) is 32.1 Å². The van der Waals surface area contributed by atoms with Gasteiger partial charge in [0.15, 0.2) is 0 Å².